The molecule has 0 aliphatic heterocycles. The van der Waals surface area contributed by atoms with Crippen molar-refractivity contribution < 1.29 is 0 Å². The Kier molecular flexibility index (Phi) is 3.83. The highest BCUT2D eigenvalue weighted by Crippen LogP contribution is 2.34. The van der Waals surface area contributed by atoms with Crippen molar-refractivity contribution in [3.05, 3.63) is 48.5 Å². The predicted octanol–water partition coefficient (Wildman–Crippen LogP) is 5.85. The molecule has 1 unspecified atom stereocenters. The number of benzene rings is 2. The molecule has 0 spiro atoms. The summed E-state index contributed by atoms with van der Waals surface area (Å²) in [6.45, 7) is 8.02. The molecule has 2 heteroatoms. The highest BCUT2D eigenvalue weighted by atomic mass is 79.9. The molecule has 21 heavy (non-hydrogen) atoms. The fourth-order valence-corrected chi connectivity index (χ4v) is 4.15. The number of fused-ring (bicyclic) bond motifs is 3. The summed E-state index contributed by atoms with van der Waals surface area (Å²) in [6, 6.07) is 17.5. The summed E-state index contributed by atoms with van der Waals surface area (Å²) in [6.07, 6.45) is 0. The van der Waals surface area contributed by atoms with E-state index in [0.717, 1.165) is 11.9 Å². The molecule has 0 radical (unpaired) electrons. The van der Waals surface area contributed by atoms with Crippen molar-refractivity contribution in [3.8, 4) is 0 Å². The maximum Gasteiger partial charge on any atom is 0.0491 e. The zero-order chi connectivity index (χ0) is 15.0. The number of rotatable bonds is 3. The highest BCUT2D eigenvalue weighted by Gasteiger charge is 2.25. The van der Waals surface area contributed by atoms with Crippen LogP contribution in [0.3, 0.4) is 0 Å². The van der Waals surface area contributed by atoms with Crippen molar-refractivity contribution in [2.45, 2.75) is 27.3 Å². The number of nitrogens with zero attached hydrogens (tertiary/aromatic N) is 1. The first-order chi connectivity index (χ1) is 10.0. The van der Waals surface area contributed by atoms with E-state index in [9.17, 15) is 0 Å². The Morgan fingerprint density at radius 2 is 1.38 bits per heavy atom. The summed E-state index contributed by atoms with van der Waals surface area (Å²) in [5, 5.41) is 3.74. The van der Waals surface area contributed by atoms with E-state index in [4.69, 9.17) is 0 Å². The van der Waals surface area contributed by atoms with Gasteiger partial charge in [0.15, 0.2) is 0 Å². The first-order valence-electron chi connectivity index (χ1n) is 7.54. The molecular formula is C19H22BrN. The van der Waals surface area contributed by atoms with E-state index in [1.807, 2.05) is 0 Å². The Morgan fingerprint density at radius 1 is 0.905 bits per heavy atom. The predicted molar refractivity (Wildman–Crippen MR) is 96.2 cm³/mol. The van der Waals surface area contributed by atoms with E-state index < -0.39 is 0 Å². The highest BCUT2D eigenvalue weighted by molar-refractivity contribution is 9.09. The number of halogens is 1. The first-order valence-corrected chi connectivity index (χ1v) is 8.66. The fourth-order valence-electron chi connectivity index (χ4n) is 2.97. The lowest BCUT2D eigenvalue weighted by Gasteiger charge is -2.30. The van der Waals surface area contributed by atoms with Gasteiger partial charge < -0.3 is 4.57 Å². The number of hydrogen-bond donors (Lipinski definition) is 0. The molecule has 0 aliphatic rings. The van der Waals surface area contributed by atoms with Crippen LogP contribution < -0.4 is 0 Å². The number of hydrogen-bond acceptors (Lipinski definition) is 0. The van der Waals surface area contributed by atoms with Crippen LogP contribution in [0.4, 0.5) is 0 Å². The lowest BCUT2D eigenvalue weighted by Crippen LogP contribution is -2.26. The summed E-state index contributed by atoms with van der Waals surface area (Å²) < 4.78 is 2.49. The van der Waals surface area contributed by atoms with Gasteiger partial charge in [-0.2, -0.15) is 0 Å². The number of alkyl halides is 1. The van der Waals surface area contributed by atoms with Gasteiger partial charge in [-0.25, -0.2) is 0 Å². The van der Waals surface area contributed by atoms with Gasteiger partial charge in [0.05, 0.1) is 0 Å². The third kappa shape index (κ3) is 2.62. The van der Waals surface area contributed by atoms with Gasteiger partial charge >= 0.3 is 0 Å². The molecular weight excluding hydrogens is 322 g/mol. The van der Waals surface area contributed by atoms with Crippen LogP contribution in [0, 0.1) is 11.3 Å². The Bertz CT molecular complexity index is 711. The molecule has 0 saturated carbocycles. The van der Waals surface area contributed by atoms with Crippen molar-refractivity contribution in [1.29, 1.82) is 0 Å². The lowest BCUT2D eigenvalue weighted by atomic mass is 9.82. The summed E-state index contributed by atoms with van der Waals surface area (Å²) in [7, 11) is 0. The van der Waals surface area contributed by atoms with Crippen LogP contribution in [0.2, 0.25) is 0 Å². The van der Waals surface area contributed by atoms with Crippen LogP contribution in [0.25, 0.3) is 21.8 Å². The van der Waals surface area contributed by atoms with Gasteiger partial charge in [0.2, 0.25) is 0 Å². The van der Waals surface area contributed by atoms with Gasteiger partial charge in [-0.3, -0.25) is 0 Å². The summed E-state index contributed by atoms with van der Waals surface area (Å²) >= 11 is 3.71. The molecule has 1 aromatic heterocycles. The number of para-hydroxylation sites is 2. The molecule has 0 bridgehead atoms. The van der Waals surface area contributed by atoms with E-state index in [1.54, 1.807) is 0 Å². The van der Waals surface area contributed by atoms with Crippen LogP contribution in [0.1, 0.15) is 20.8 Å². The lowest BCUT2D eigenvalue weighted by molar-refractivity contribution is 0.243. The summed E-state index contributed by atoms with van der Waals surface area (Å²) in [4.78, 5) is 0. The van der Waals surface area contributed by atoms with E-state index in [1.165, 1.54) is 21.8 Å². The molecule has 1 heterocycles. The monoisotopic (exact) mass is 343 g/mol. The Balaban J connectivity index is 2.20. The molecule has 0 saturated heterocycles. The first kappa shape index (κ1) is 14.6. The summed E-state index contributed by atoms with van der Waals surface area (Å²) in [5.74, 6) is 0.594. The van der Waals surface area contributed by atoms with E-state index in [2.05, 4.69) is 89.8 Å². The van der Waals surface area contributed by atoms with E-state index in [-0.39, 0.29) is 5.41 Å². The molecule has 3 aromatic rings. The van der Waals surface area contributed by atoms with Gasteiger partial charge in [-0.15, -0.1) is 0 Å². The van der Waals surface area contributed by atoms with Crippen molar-refractivity contribution in [1.82, 2.24) is 4.57 Å². The Morgan fingerprint density at radius 3 is 1.81 bits per heavy atom. The minimum atomic E-state index is 0.288. The summed E-state index contributed by atoms with van der Waals surface area (Å²) in [5.41, 5.74) is 2.97. The second-order valence-electron chi connectivity index (χ2n) is 6.86. The normalized spacial score (nSPS) is 13.9. The molecule has 1 atom stereocenters. The molecule has 0 N–H and O–H groups in total. The average molecular weight is 344 g/mol. The largest absolute Gasteiger partial charge is 0.340 e. The SMILES string of the molecule is CC(C)(C)C(CBr)Cn1c2ccccc2c2ccccc21. The molecule has 1 nitrogen and oxygen atoms in total. The molecule has 110 valence electrons. The van der Waals surface area contributed by atoms with Gasteiger partial charge in [0.1, 0.15) is 0 Å². The third-order valence-electron chi connectivity index (χ3n) is 4.49. The molecule has 0 amide bonds. The van der Waals surface area contributed by atoms with Crippen molar-refractivity contribution in [3.63, 3.8) is 0 Å². The van der Waals surface area contributed by atoms with Gasteiger partial charge in [-0.1, -0.05) is 73.1 Å². The van der Waals surface area contributed by atoms with E-state index in [0.29, 0.717) is 5.92 Å². The Labute approximate surface area is 135 Å². The van der Waals surface area contributed by atoms with Crippen LogP contribution >= 0.6 is 15.9 Å². The zero-order valence-corrected chi connectivity index (χ0v) is 14.5. The molecule has 0 aliphatic carbocycles. The van der Waals surface area contributed by atoms with Gasteiger partial charge in [-0.05, 0) is 23.5 Å². The zero-order valence-electron chi connectivity index (χ0n) is 12.9. The second-order valence-corrected chi connectivity index (χ2v) is 7.51. The fraction of sp³-hybridized carbons (Fsp3) is 0.368. The molecule has 2 aromatic carbocycles. The van der Waals surface area contributed by atoms with Crippen molar-refractivity contribution in [2.75, 3.05) is 5.33 Å². The van der Waals surface area contributed by atoms with Gasteiger partial charge in [0, 0.05) is 33.7 Å². The van der Waals surface area contributed by atoms with Crippen molar-refractivity contribution in [2.24, 2.45) is 11.3 Å². The third-order valence-corrected chi connectivity index (χ3v) is 5.28. The quantitative estimate of drug-likeness (QED) is 0.525. The average Bonchev–Trinajstić information content (AvgIpc) is 2.78. The molecule has 3 rings (SSSR count). The smallest absolute Gasteiger partial charge is 0.0491 e. The maximum atomic E-state index is 3.71. The standard InChI is InChI=1S/C19H22BrN/c1-19(2,3)14(12-20)13-21-17-10-6-4-8-15(17)16-9-5-7-11-18(16)21/h4-11,14H,12-13H2,1-3H3. The van der Waals surface area contributed by atoms with Crippen LogP contribution in [0.5, 0.6) is 0 Å². The minimum Gasteiger partial charge on any atom is -0.340 e. The van der Waals surface area contributed by atoms with Crippen LogP contribution in [-0.4, -0.2) is 9.90 Å². The van der Waals surface area contributed by atoms with Crippen molar-refractivity contribution >= 4 is 37.7 Å². The van der Waals surface area contributed by atoms with E-state index >= 15 is 0 Å². The topological polar surface area (TPSA) is 4.93 Å². The van der Waals surface area contributed by atoms with Crippen LogP contribution in [0.15, 0.2) is 48.5 Å². The van der Waals surface area contributed by atoms with Gasteiger partial charge in [0.25, 0.3) is 0 Å². The maximum absolute atomic E-state index is 3.71. The number of aromatic nitrogens is 1. The molecule has 0 fully saturated rings. The van der Waals surface area contributed by atoms with Crippen LogP contribution in [-0.2, 0) is 6.54 Å². The second kappa shape index (κ2) is 5.49. The Hall–Kier alpha value is -1.28. The minimum absolute atomic E-state index is 0.288.